The van der Waals surface area contributed by atoms with Gasteiger partial charge in [-0.2, -0.15) is 4.98 Å². The quantitative estimate of drug-likeness (QED) is 0.635. The van der Waals surface area contributed by atoms with Gasteiger partial charge in [0.25, 0.3) is 5.91 Å². The molecule has 33 heavy (non-hydrogen) atoms. The first-order chi connectivity index (χ1) is 16.1. The number of piperidine rings is 1. The van der Waals surface area contributed by atoms with Gasteiger partial charge in [0, 0.05) is 30.6 Å². The Morgan fingerprint density at radius 1 is 1.06 bits per heavy atom. The van der Waals surface area contributed by atoms with Crippen LogP contribution in [0.5, 0.6) is 0 Å². The van der Waals surface area contributed by atoms with Crippen LogP contribution in [0, 0.1) is 12.8 Å². The summed E-state index contributed by atoms with van der Waals surface area (Å²) in [6.45, 7) is 3.32. The Morgan fingerprint density at radius 2 is 1.85 bits per heavy atom. The van der Waals surface area contributed by atoms with Crippen LogP contribution < -0.4 is 5.32 Å². The summed E-state index contributed by atoms with van der Waals surface area (Å²) in [5, 5.41) is 11.0. The number of rotatable bonds is 5. The summed E-state index contributed by atoms with van der Waals surface area (Å²) < 4.78 is 10.6. The van der Waals surface area contributed by atoms with Crippen LogP contribution in [0.25, 0.3) is 11.4 Å². The fourth-order valence-electron chi connectivity index (χ4n) is 4.89. The molecule has 1 aromatic carbocycles. The van der Waals surface area contributed by atoms with Crippen LogP contribution in [0.4, 0.5) is 0 Å². The van der Waals surface area contributed by atoms with Gasteiger partial charge in [0.05, 0.1) is 11.6 Å². The van der Waals surface area contributed by atoms with Crippen molar-refractivity contribution in [3.8, 4) is 11.4 Å². The number of carbonyl (C=O) groups is 2. The summed E-state index contributed by atoms with van der Waals surface area (Å²) in [6, 6.07) is 9.28. The van der Waals surface area contributed by atoms with E-state index >= 15 is 0 Å². The van der Waals surface area contributed by atoms with Crippen molar-refractivity contribution >= 4 is 11.8 Å². The molecule has 1 saturated carbocycles. The number of hydrogen-bond acceptors (Lipinski definition) is 7. The highest BCUT2D eigenvalue weighted by Crippen LogP contribution is 2.40. The molecule has 1 saturated heterocycles. The lowest BCUT2D eigenvalue weighted by atomic mass is 10.0. The van der Waals surface area contributed by atoms with Crippen molar-refractivity contribution in [2.75, 3.05) is 13.1 Å². The van der Waals surface area contributed by atoms with E-state index in [1.54, 1.807) is 6.92 Å². The summed E-state index contributed by atoms with van der Waals surface area (Å²) in [4.78, 5) is 32.7. The molecule has 5 rings (SSSR count). The van der Waals surface area contributed by atoms with Gasteiger partial charge >= 0.3 is 0 Å². The van der Waals surface area contributed by atoms with E-state index in [4.69, 9.17) is 9.05 Å². The van der Waals surface area contributed by atoms with E-state index in [0.717, 1.165) is 37.9 Å². The second kappa shape index (κ2) is 9.17. The van der Waals surface area contributed by atoms with E-state index < -0.39 is 0 Å². The molecule has 2 fully saturated rings. The van der Waals surface area contributed by atoms with Gasteiger partial charge in [0.1, 0.15) is 11.8 Å². The standard InChI is InChI=1S/C24H27N5O4/c1-15-19(14-32-27-15)22(30)25-20-13-17(24(31)29-10-6-3-7-11-29)12-18(20)23-26-21(28-33-23)16-8-4-2-5-9-16/h2,4-5,8-9,14,17-18,20H,3,6-7,10-13H2,1H3,(H,25,30)/t17-,18-,20+/m0/s1. The smallest absolute Gasteiger partial charge is 0.256 e. The zero-order chi connectivity index (χ0) is 22.8. The zero-order valence-corrected chi connectivity index (χ0v) is 18.6. The SMILES string of the molecule is Cc1nocc1C(=O)N[C@@H]1C[C@@H](C(=O)N2CCCCC2)C[C@@H]1c1nc(-c2ccccc2)no1. The Morgan fingerprint density at radius 3 is 2.58 bits per heavy atom. The van der Waals surface area contributed by atoms with Crippen molar-refractivity contribution in [3.05, 3.63) is 53.7 Å². The Hall–Kier alpha value is -3.49. The van der Waals surface area contributed by atoms with Crippen LogP contribution in [-0.4, -0.2) is 51.1 Å². The third-order valence-electron chi connectivity index (χ3n) is 6.68. The Kier molecular flexibility index (Phi) is 5.93. The molecule has 172 valence electrons. The van der Waals surface area contributed by atoms with Gasteiger partial charge in [-0.15, -0.1) is 0 Å². The van der Waals surface area contributed by atoms with E-state index in [0.29, 0.717) is 35.8 Å². The lowest BCUT2D eigenvalue weighted by molar-refractivity contribution is -0.136. The molecule has 0 radical (unpaired) electrons. The largest absolute Gasteiger partial charge is 0.364 e. The summed E-state index contributed by atoms with van der Waals surface area (Å²) >= 11 is 0. The molecule has 9 heteroatoms. The molecule has 0 spiro atoms. The lowest BCUT2D eigenvalue weighted by Crippen LogP contribution is -2.40. The van der Waals surface area contributed by atoms with Crippen LogP contribution in [0.15, 0.2) is 45.6 Å². The van der Waals surface area contributed by atoms with E-state index in [1.165, 1.54) is 6.26 Å². The maximum Gasteiger partial charge on any atom is 0.256 e. The third kappa shape index (κ3) is 4.40. The Balaban J connectivity index is 1.39. The number of hydrogen-bond donors (Lipinski definition) is 1. The van der Waals surface area contributed by atoms with Gasteiger partial charge in [-0.1, -0.05) is 40.6 Å². The number of nitrogens with zero attached hydrogens (tertiary/aromatic N) is 4. The van der Waals surface area contributed by atoms with Crippen LogP contribution in [0.3, 0.4) is 0 Å². The molecule has 9 nitrogen and oxygen atoms in total. The third-order valence-corrected chi connectivity index (χ3v) is 6.68. The lowest BCUT2D eigenvalue weighted by Gasteiger charge is -2.29. The number of carbonyl (C=O) groups excluding carboxylic acids is 2. The van der Waals surface area contributed by atoms with Crippen molar-refractivity contribution in [1.29, 1.82) is 0 Å². The molecule has 0 bridgehead atoms. The van der Waals surface area contributed by atoms with Crippen molar-refractivity contribution in [1.82, 2.24) is 25.5 Å². The summed E-state index contributed by atoms with van der Waals surface area (Å²) in [7, 11) is 0. The van der Waals surface area contributed by atoms with Crippen LogP contribution in [0.2, 0.25) is 0 Å². The predicted molar refractivity (Wildman–Crippen MR) is 118 cm³/mol. The van der Waals surface area contributed by atoms with Crippen LogP contribution >= 0.6 is 0 Å². The number of aromatic nitrogens is 3. The molecule has 0 unspecified atom stereocenters. The Bertz CT molecular complexity index is 1120. The maximum absolute atomic E-state index is 13.2. The minimum absolute atomic E-state index is 0.153. The molecular formula is C24H27N5O4. The number of likely N-dealkylation sites (tertiary alicyclic amines) is 1. The first kappa shape index (κ1) is 21.4. The number of nitrogens with one attached hydrogen (secondary N) is 1. The summed E-state index contributed by atoms with van der Waals surface area (Å²) in [5.41, 5.74) is 1.76. The zero-order valence-electron chi connectivity index (χ0n) is 18.6. The van der Waals surface area contributed by atoms with E-state index in [1.807, 2.05) is 35.2 Å². The van der Waals surface area contributed by atoms with Crippen molar-refractivity contribution in [2.24, 2.45) is 5.92 Å². The molecular weight excluding hydrogens is 422 g/mol. The average molecular weight is 450 g/mol. The predicted octanol–water partition coefficient (Wildman–Crippen LogP) is 3.34. The number of benzene rings is 1. The minimum Gasteiger partial charge on any atom is -0.364 e. The van der Waals surface area contributed by atoms with Crippen molar-refractivity contribution in [2.45, 2.75) is 51.0 Å². The monoisotopic (exact) mass is 449 g/mol. The molecule has 1 aliphatic heterocycles. The minimum atomic E-state index is -0.311. The molecule has 2 amide bonds. The van der Waals surface area contributed by atoms with Crippen molar-refractivity contribution in [3.63, 3.8) is 0 Å². The highest BCUT2D eigenvalue weighted by Gasteiger charge is 2.44. The van der Waals surface area contributed by atoms with Crippen molar-refractivity contribution < 1.29 is 18.6 Å². The molecule has 1 N–H and O–H groups in total. The summed E-state index contributed by atoms with van der Waals surface area (Å²) in [5.74, 6) is 0.358. The fourth-order valence-corrected chi connectivity index (χ4v) is 4.89. The first-order valence-electron chi connectivity index (χ1n) is 11.5. The number of amides is 2. The van der Waals surface area contributed by atoms with Gasteiger partial charge in [0.2, 0.25) is 17.6 Å². The van der Waals surface area contributed by atoms with Crippen LogP contribution in [0.1, 0.15) is 60.0 Å². The summed E-state index contributed by atoms with van der Waals surface area (Å²) in [6.07, 6.45) is 5.67. The van der Waals surface area contributed by atoms with Crippen LogP contribution in [-0.2, 0) is 4.79 Å². The maximum atomic E-state index is 13.2. The fraction of sp³-hybridized carbons (Fsp3) is 0.458. The van der Waals surface area contributed by atoms with Gasteiger partial charge in [-0.3, -0.25) is 9.59 Å². The highest BCUT2D eigenvalue weighted by molar-refractivity contribution is 5.95. The molecule has 3 heterocycles. The second-order valence-electron chi connectivity index (χ2n) is 8.88. The average Bonchev–Trinajstić information content (AvgIpc) is 3.59. The van der Waals surface area contributed by atoms with Gasteiger partial charge in [-0.05, 0) is 39.0 Å². The normalized spacial score (nSPS) is 22.9. The van der Waals surface area contributed by atoms with E-state index in [2.05, 4.69) is 20.6 Å². The highest BCUT2D eigenvalue weighted by atomic mass is 16.5. The molecule has 2 aromatic heterocycles. The molecule has 2 aliphatic rings. The topological polar surface area (TPSA) is 114 Å². The molecule has 3 aromatic rings. The van der Waals surface area contributed by atoms with Gasteiger partial charge in [-0.25, -0.2) is 0 Å². The van der Waals surface area contributed by atoms with Gasteiger partial charge in [0.15, 0.2) is 0 Å². The second-order valence-corrected chi connectivity index (χ2v) is 8.88. The molecule has 1 aliphatic carbocycles. The number of aryl methyl sites for hydroxylation is 1. The molecule has 3 atom stereocenters. The first-order valence-corrected chi connectivity index (χ1v) is 11.5. The van der Waals surface area contributed by atoms with Gasteiger partial charge < -0.3 is 19.3 Å². The van der Waals surface area contributed by atoms with E-state index in [9.17, 15) is 9.59 Å². The Labute approximate surface area is 191 Å². The van der Waals surface area contributed by atoms with E-state index in [-0.39, 0.29) is 29.7 Å².